The van der Waals surface area contributed by atoms with Gasteiger partial charge in [-0.25, -0.2) is 0 Å². The first-order chi connectivity index (χ1) is 8.09. The summed E-state index contributed by atoms with van der Waals surface area (Å²) in [6.07, 6.45) is 0.706. The van der Waals surface area contributed by atoms with Crippen molar-refractivity contribution in [1.29, 1.82) is 0 Å². The van der Waals surface area contributed by atoms with E-state index in [9.17, 15) is 0 Å². The van der Waals surface area contributed by atoms with Gasteiger partial charge in [-0.2, -0.15) is 5.10 Å². The molecule has 0 bridgehead atoms. The number of aromatic nitrogens is 2. The van der Waals surface area contributed by atoms with Gasteiger partial charge in [0.15, 0.2) is 0 Å². The smallest absolute Gasteiger partial charge is 0.0963 e. The molecule has 6 heteroatoms. The number of halogens is 1. The highest BCUT2D eigenvalue weighted by molar-refractivity contribution is 9.10. The summed E-state index contributed by atoms with van der Waals surface area (Å²) in [5, 5.41) is 4.35. The van der Waals surface area contributed by atoms with Crippen LogP contribution in [-0.2, 0) is 22.9 Å². The second-order valence-corrected chi connectivity index (χ2v) is 5.11. The fourth-order valence-electron chi connectivity index (χ4n) is 2.01. The number of hydrogen-bond acceptors (Lipinski definition) is 4. The first kappa shape index (κ1) is 13.0. The van der Waals surface area contributed by atoms with E-state index in [0.717, 1.165) is 22.3 Å². The van der Waals surface area contributed by atoms with E-state index in [1.54, 1.807) is 0 Å². The third-order valence-corrected chi connectivity index (χ3v) is 4.04. The molecule has 0 saturated carbocycles. The van der Waals surface area contributed by atoms with Crippen LogP contribution in [0, 0.1) is 6.92 Å². The molecule has 17 heavy (non-hydrogen) atoms. The fraction of sp³-hybridized carbons (Fsp3) is 0.727. The van der Waals surface area contributed by atoms with Gasteiger partial charge in [0.2, 0.25) is 0 Å². The van der Waals surface area contributed by atoms with Gasteiger partial charge in [-0.3, -0.25) is 4.68 Å². The van der Waals surface area contributed by atoms with Crippen molar-refractivity contribution in [3.05, 3.63) is 15.9 Å². The molecule has 1 aromatic rings. The molecule has 0 spiro atoms. The van der Waals surface area contributed by atoms with E-state index in [2.05, 4.69) is 21.0 Å². The molecular formula is C11H18BrN3O2. The van der Waals surface area contributed by atoms with Crippen LogP contribution in [0.15, 0.2) is 4.47 Å². The Morgan fingerprint density at radius 3 is 2.88 bits per heavy atom. The zero-order chi connectivity index (χ0) is 12.4. The highest BCUT2D eigenvalue weighted by Gasteiger charge is 2.24. The number of rotatable bonds is 3. The highest BCUT2D eigenvalue weighted by Crippen LogP contribution is 2.22. The molecule has 1 saturated heterocycles. The summed E-state index contributed by atoms with van der Waals surface area (Å²) in [4.78, 5) is 0. The van der Waals surface area contributed by atoms with E-state index in [4.69, 9.17) is 15.2 Å². The van der Waals surface area contributed by atoms with Gasteiger partial charge in [0, 0.05) is 19.5 Å². The van der Waals surface area contributed by atoms with E-state index in [-0.39, 0.29) is 12.1 Å². The Balaban J connectivity index is 2.04. The molecule has 2 heterocycles. The number of aryl methyl sites for hydroxylation is 2. The van der Waals surface area contributed by atoms with E-state index in [1.807, 2.05) is 18.7 Å². The molecule has 0 amide bonds. The monoisotopic (exact) mass is 303 g/mol. The van der Waals surface area contributed by atoms with Gasteiger partial charge in [0.25, 0.3) is 0 Å². The van der Waals surface area contributed by atoms with Crippen LogP contribution in [0.25, 0.3) is 0 Å². The molecule has 0 radical (unpaired) electrons. The lowest BCUT2D eigenvalue weighted by atomic mass is 10.1. The molecule has 1 fully saturated rings. The summed E-state index contributed by atoms with van der Waals surface area (Å²) in [6.45, 7) is 3.84. The van der Waals surface area contributed by atoms with Crippen molar-refractivity contribution in [1.82, 2.24) is 9.78 Å². The highest BCUT2D eigenvalue weighted by atomic mass is 79.9. The van der Waals surface area contributed by atoms with Crippen LogP contribution in [0.4, 0.5) is 0 Å². The quantitative estimate of drug-likeness (QED) is 0.896. The Morgan fingerprint density at radius 1 is 1.59 bits per heavy atom. The Bertz CT molecular complexity index is 388. The average molecular weight is 304 g/mol. The van der Waals surface area contributed by atoms with Crippen molar-refractivity contribution >= 4 is 15.9 Å². The van der Waals surface area contributed by atoms with Gasteiger partial charge < -0.3 is 15.2 Å². The molecule has 96 valence electrons. The summed E-state index contributed by atoms with van der Waals surface area (Å²) in [5.74, 6) is 0. The lowest BCUT2D eigenvalue weighted by Crippen LogP contribution is -2.45. The summed E-state index contributed by atoms with van der Waals surface area (Å²) in [5.41, 5.74) is 8.24. The Kier molecular flexibility index (Phi) is 4.19. The van der Waals surface area contributed by atoms with Crippen LogP contribution in [0.5, 0.6) is 0 Å². The standard InChI is InChI=1S/C11H18BrN3O2/c1-7-11(12)9(15(2)14-7)5-8(13)10-6-16-3-4-17-10/h8,10H,3-6,13H2,1-2H3. The Morgan fingerprint density at radius 2 is 2.35 bits per heavy atom. The predicted molar refractivity (Wildman–Crippen MR) is 67.9 cm³/mol. The lowest BCUT2D eigenvalue weighted by molar-refractivity contribution is -0.0969. The van der Waals surface area contributed by atoms with Crippen molar-refractivity contribution in [2.45, 2.75) is 25.5 Å². The number of nitrogens with two attached hydrogens (primary N) is 1. The maximum atomic E-state index is 6.16. The SMILES string of the molecule is Cc1nn(C)c(CC(N)C2COCCO2)c1Br. The van der Waals surface area contributed by atoms with Crippen LogP contribution in [-0.4, -0.2) is 41.7 Å². The van der Waals surface area contributed by atoms with Crippen LogP contribution in [0.1, 0.15) is 11.4 Å². The van der Waals surface area contributed by atoms with Crippen molar-refractivity contribution in [2.75, 3.05) is 19.8 Å². The lowest BCUT2D eigenvalue weighted by Gasteiger charge is -2.28. The van der Waals surface area contributed by atoms with E-state index in [1.165, 1.54) is 0 Å². The minimum Gasteiger partial charge on any atom is -0.376 e. The molecule has 2 rings (SSSR count). The first-order valence-corrected chi connectivity index (χ1v) is 6.51. The Hall–Kier alpha value is -0.430. The minimum absolute atomic E-state index is 0.0224. The first-order valence-electron chi connectivity index (χ1n) is 5.72. The molecular weight excluding hydrogens is 286 g/mol. The second kappa shape index (κ2) is 5.48. The second-order valence-electron chi connectivity index (χ2n) is 4.32. The number of nitrogens with zero attached hydrogens (tertiary/aromatic N) is 2. The molecule has 0 aliphatic carbocycles. The van der Waals surface area contributed by atoms with E-state index < -0.39 is 0 Å². The maximum absolute atomic E-state index is 6.16. The third kappa shape index (κ3) is 2.88. The normalized spacial score (nSPS) is 22.7. The van der Waals surface area contributed by atoms with Gasteiger partial charge >= 0.3 is 0 Å². The van der Waals surface area contributed by atoms with Crippen LogP contribution >= 0.6 is 15.9 Å². The molecule has 5 nitrogen and oxygen atoms in total. The van der Waals surface area contributed by atoms with Crippen molar-refractivity contribution < 1.29 is 9.47 Å². The number of hydrogen-bond donors (Lipinski definition) is 1. The zero-order valence-corrected chi connectivity index (χ0v) is 11.7. The predicted octanol–water partition coefficient (Wildman–Crippen LogP) is 0.776. The van der Waals surface area contributed by atoms with Crippen molar-refractivity contribution in [2.24, 2.45) is 12.8 Å². The van der Waals surface area contributed by atoms with E-state index in [0.29, 0.717) is 19.8 Å². The molecule has 0 aromatic carbocycles. The zero-order valence-electron chi connectivity index (χ0n) is 10.1. The largest absolute Gasteiger partial charge is 0.376 e. The fourth-order valence-corrected chi connectivity index (χ4v) is 2.51. The van der Waals surface area contributed by atoms with Crippen molar-refractivity contribution in [3.8, 4) is 0 Å². The van der Waals surface area contributed by atoms with Crippen LogP contribution in [0.3, 0.4) is 0 Å². The van der Waals surface area contributed by atoms with Crippen LogP contribution in [0.2, 0.25) is 0 Å². The maximum Gasteiger partial charge on any atom is 0.0963 e. The Labute approximate surface area is 109 Å². The third-order valence-electron chi connectivity index (χ3n) is 3.01. The summed E-state index contributed by atoms with van der Waals surface area (Å²) in [7, 11) is 1.93. The van der Waals surface area contributed by atoms with Crippen LogP contribution < -0.4 is 5.73 Å². The average Bonchev–Trinajstić information content (AvgIpc) is 2.57. The van der Waals surface area contributed by atoms with Gasteiger partial charge in [-0.1, -0.05) is 0 Å². The molecule has 2 N–H and O–H groups in total. The number of ether oxygens (including phenoxy) is 2. The van der Waals surface area contributed by atoms with Crippen molar-refractivity contribution in [3.63, 3.8) is 0 Å². The minimum atomic E-state index is -0.0681. The van der Waals surface area contributed by atoms with Gasteiger partial charge in [0.1, 0.15) is 0 Å². The molecule has 2 atom stereocenters. The van der Waals surface area contributed by atoms with Gasteiger partial charge in [-0.15, -0.1) is 0 Å². The van der Waals surface area contributed by atoms with Gasteiger partial charge in [0.05, 0.1) is 41.8 Å². The topological polar surface area (TPSA) is 62.3 Å². The summed E-state index contributed by atoms with van der Waals surface area (Å²) < 4.78 is 13.9. The van der Waals surface area contributed by atoms with Gasteiger partial charge in [-0.05, 0) is 22.9 Å². The molecule has 1 aliphatic rings. The molecule has 1 aromatic heterocycles. The molecule has 2 unspecified atom stereocenters. The summed E-state index contributed by atoms with van der Waals surface area (Å²) in [6, 6.07) is -0.0681. The molecule has 1 aliphatic heterocycles. The van der Waals surface area contributed by atoms with E-state index >= 15 is 0 Å². The summed E-state index contributed by atoms with van der Waals surface area (Å²) >= 11 is 3.54.